The number of nitrogens with one attached hydrogen (secondary N) is 1. The third-order valence-electron chi connectivity index (χ3n) is 3.86. The van der Waals surface area contributed by atoms with Gasteiger partial charge < -0.3 is 20.6 Å². The van der Waals surface area contributed by atoms with Crippen molar-refractivity contribution >= 4 is 5.91 Å². The summed E-state index contributed by atoms with van der Waals surface area (Å²) in [6, 6.07) is 8.57. The molecule has 1 amide bonds. The zero-order valence-corrected chi connectivity index (χ0v) is 12.0. The molecule has 0 saturated carbocycles. The van der Waals surface area contributed by atoms with Gasteiger partial charge in [0.25, 0.3) is 0 Å². The molecule has 0 bridgehead atoms. The zero-order valence-electron chi connectivity index (χ0n) is 12.0. The summed E-state index contributed by atoms with van der Waals surface area (Å²) in [6.07, 6.45) is -2.19. The van der Waals surface area contributed by atoms with Gasteiger partial charge in [-0.2, -0.15) is 0 Å². The van der Waals surface area contributed by atoms with Gasteiger partial charge in [-0.15, -0.1) is 0 Å². The van der Waals surface area contributed by atoms with Crippen molar-refractivity contribution in [2.45, 2.75) is 37.8 Å². The fraction of sp³-hybridized carbons (Fsp3) is 0.533. The first-order chi connectivity index (χ1) is 10.0. The Labute approximate surface area is 124 Å². The van der Waals surface area contributed by atoms with Crippen molar-refractivity contribution < 1.29 is 20.1 Å². The summed E-state index contributed by atoms with van der Waals surface area (Å²) in [5.74, 6) is -0.256. The molecule has 4 N–H and O–H groups in total. The molecule has 6 heteroatoms. The number of aliphatic hydroxyl groups is 3. The minimum Gasteiger partial charge on any atom is -0.395 e. The molecule has 2 rings (SSSR count). The van der Waals surface area contributed by atoms with Crippen molar-refractivity contribution in [3.8, 4) is 0 Å². The van der Waals surface area contributed by atoms with Gasteiger partial charge in [0.05, 0.1) is 24.8 Å². The minimum atomic E-state index is -1.11. The molecule has 0 spiro atoms. The van der Waals surface area contributed by atoms with Crippen LogP contribution in [-0.2, 0) is 11.3 Å². The van der Waals surface area contributed by atoms with E-state index in [0.29, 0.717) is 13.1 Å². The van der Waals surface area contributed by atoms with Gasteiger partial charge in [-0.1, -0.05) is 30.3 Å². The lowest BCUT2D eigenvalue weighted by Crippen LogP contribution is -2.66. The number of benzene rings is 1. The molecule has 1 aliphatic heterocycles. The Morgan fingerprint density at radius 1 is 1.29 bits per heavy atom. The predicted octanol–water partition coefficient (Wildman–Crippen LogP) is -0.910. The van der Waals surface area contributed by atoms with Gasteiger partial charge in [0.2, 0.25) is 5.91 Å². The molecule has 1 fully saturated rings. The summed E-state index contributed by atoms with van der Waals surface area (Å²) >= 11 is 0. The maximum absolute atomic E-state index is 11.2. The molecule has 6 nitrogen and oxygen atoms in total. The molecule has 0 aromatic heterocycles. The Hall–Kier alpha value is -1.47. The fourth-order valence-electron chi connectivity index (χ4n) is 2.79. The molecule has 21 heavy (non-hydrogen) atoms. The number of carbonyl (C=O) groups is 1. The van der Waals surface area contributed by atoms with E-state index in [2.05, 4.69) is 5.32 Å². The molecule has 1 aliphatic rings. The Balaban J connectivity index is 2.14. The largest absolute Gasteiger partial charge is 0.395 e. The second-order valence-electron chi connectivity index (χ2n) is 5.45. The smallest absolute Gasteiger partial charge is 0.217 e. The van der Waals surface area contributed by atoms with E-state index in [0.717, 1.165) is 5.56 Å². The molecule has 1 heterocycles. The summed E-state index contributed by atoms with van der Waals surface area (Å²) in [5, 5.41) is 32.4. The van der Waals surface area contributed by atoms with Crippen LogP contribution in [0.25, 0.3) is 0 Å². The molecular weight excluding hydrogens is 272 g/mol. The number of piperidine rings is 1. The highest BCUT2D eigenvalue weighted by molar-refractivity contribution is 5.73. The minimum absolute atomic E-state index is 0.252. The van der Waals surface area contributed by atoms with E-state index in [1.165, 1.54) is 6.92 Å². The first-order valence-corrected chi connectivity index (χ1v) is 7.05. The van der Waals surface area contributed by atoms with Crippen LogP contribution in [0.4, 0.5) is 0 Å². The third kappa shape index (κ3) is 3.79. The van der Waals surface area contributed by atoms with Crippen LogP contribution in [0.2, 0.25) is 0 Å². The third-order valence-corrected chi connectivity index (χ3v) is 3.86. The SMILES string of the molecule is CC(=O)N[C@H]1CN(Cc2ccccc2)[C@H](CO)[C@@H](O)[C@@H]1O. The van der Waals surface area contributed by atoms with Gasteiger partial charge in [-0.25, -0.2) is 0 Å². The summed E-state index contributed by atoms with van der Waals surface area (Å²) in [6.45, 7) is 2.03. The number of aliphatic hydroxyl groups excluding tert-OH is 3. The van der Waals surface area contributed by atoms with Crippen LogP contribution in [0, 0.1) is 0 Å². The van der Waals surface area contributed by atoms with E-state index in [-0.39, 0.29) is 12.5 Å². The molecule has 0 radical (unpaired) electrons. The normalized spacial score (nSPS) is 30.1. The van der Waals surface area contributed by atoms with Gasteiger partial charge in [0, 0.05) is 20.0 Å². The second kappa shape index (κ2) is 7.00. The molecular formula is C15H22N2O4. The Morgan fingerprint density at radius 3 is 2.52 bits per heavy atom. The van der Waals surface area contributed by atoms with Crippen LogP contribution in [0.15, 0.2) is 30.3 Å². The first-order valence-electron chi connectivity index (χ1n) is 7.05. The number of amides is 1. The van der Waals surface area contributed by atoms with Crippen LogP contribution in [-0.4, -0.2) is 63.6 Å². The Kier molecular flexibility index (Phi) is 5.30. The summed E-state index contributed by atoms with van der Waals surface area (Å²) in [4.78, 5) is 13.1. The van der Waals surface area contributed by atoms with Gasteiger partial charge in [0.1, 0.15) is 6.10 Å². The van der Waals surface area contributed by atoms with E-state index in [1.54, 1.807) is 0 Å². The molecule has 1 saturated heterocycles. The maximum Gasteiger partial charge on any atom is 0.217 e. The van der Waals surface area contributed by atoms with Crippen LogP contribution in [0.5, 0.6) is 0 Å². The number of hydrogen-bond donors (Lipinski definition) is 4. The molecule has 116 valence electrons. The lowest BCUT2D eigenvalue weighted by molar-refractivity contribution is -0.129. The second-order valence-corrected chi connectivity index (χ2v) is 5.45. The predicted molar refractivity (Wildman–Crippen MR) is 77.3 cm³/mol. The van der Waals surface area contributed by atoms with Gasteiger partial charge in [-0.05, 0) is 5.56 Å². The van der Waals surface area contributed by atoms with E-state index in [1.807, 2.05) is 35.2 Å². The highest BCUT2D eigenvalue weighted by Gasteiger charge is 2.41. The van der Waals surface area contributed by atoms with Crippen LogP contribution < -0.4 is 5.32 Å². The van der Waals surface area contributed by atoms with Crippen molar-refractivity contribution in [2.75, 3.05) is 13.2 Å². The number of nitrogens with zero attached hydrogens (tertiary/aromatic N) is 1. The summed E-state index contributed by atoms with van der Waals surface area (Å²) in [7, 11) is 0. The molecule has 1 aromatic rings. The van der Waals surface area contributed by atoms with Gasteiger partial charge >= 0.3 is 0 Å². The number of likely N-dealkylation sites (tertiary alicyclic amines) is 1. The first kappa shape index (κ1) is 15.9. The van der Waals surface area contributed by atoms with Crippen LogP contribution in [0.1, 0.15) is 12.5 Å². The van der Waals surface area contributed by atoms with E-state index >= 15 is 0 Å². The van der Waals surface area contributed by atoms with Crippen molar-refractivity contribution in [3.63, 3.8) is 0 Å². The maximum atomic E-state index is 11.2. The summed E-state index contributed by atoms with van der Waals surface area (Å²) < 4.78 is 0. The lowest BCUT2D eigenvalue weighted by atomic mass is 9.92. The van der Waals surface area contributed by atoms with E-state index < -0.39 is 24.3 Å². The standard InChI is InChI=1S/C15H22N2O4/c1-10(19)16-12-8-17(7-11-5-3-2-4-6-11)13(9-18)15(21)14(12)20/h2-6,12-15,18,20-21H,7-9H2,1H3,(H,16,19)/t12-,13+,14+,15+/m0/s1. The molecule has 4 atom stereocenters. The highest BCUT2D eigenvalue weighted by Crippen LogP contribution is 2.21. The lowest BCUT2D eigenvalue weighted by Gasteiger charge is -2.45. The van der Waals surface area contributed by atoms with Crippen molar-refractivity contribution in [2.24, 2.45) is 0 Å². The Morgan fingerprint density at radius 2 is 1.95 bits per heavy atom. The number of hydrogen-bond acceptors (Lipinski definition) is 5. The van der Waals surface area contributed by atoms with Crippen LogP contribution in [0.3, 0.4) is 0 Å². The molecule has 0 aliphatic carbocycles. The van der Waals surface area contributed by atoms with Gasteiger partial charge in [0.15, 0.2) is 0 Å². The molecule has 1 aromatic carbocycles. The topological polar surface area (TPSA) is 93.0 Å². The average Bonchev–Trinajstić information content (AvgIpc) is 2.45. The zero-order chi connectivity index (χ0) is 15.4. The monoisotopic (exact) mass is 294 g/mol. The average molecular weight is 294 g/mol. The van der Waals surface area contributed by atoms with Crippen molar-refractivity contribution in [1.29, 1.82) is 0 Å². The van der Waals surface area contributed by atoms with Crippen molar-refractivity contribution in [1.82, 2.24) is 10.2 Å². The van der Waals surface area contributed by atoms with Crippen LogP contribution >= 0.6 is 0 Å². The summed E-state index contributed by atoms with van der Waals surface area (Å²) in [5.41, 5.74) is 1.04. The number of rotatable bonds is 4. The van der Waals surface area contributed by atoms with E-state index in [9.17, 15) is 20.1 Å². The van der Waals surface area contributed by atoms with E-state index in [4.69, 9.17) is 0 Å². The highest BCUT2D eigenvalue weighted by atomic mass is 16.3. The quantitative estimate of drug-likeness (QED) is 0.577. The fourth-order valence-corrected chi connectivity index (χ4v) is 2.79. The van der Waals surface area contributed by atoms with Crippen molar-refractivity contribution in [3.05, 3.63) is 35.9 Å². The molecule has 0 unspecified atom stereocenters. The Bertz CT molecular complexity index is 468. The number of carbonyl (C=O) groups excluding carboxylic acids is 1. The van der Waals surface area contributed by atoms with Gasteiger partial charge in [-0.3, -0.25) is 9.69 Å².